The summed E-state index contributed by atoms with van der Waals surface area (Å²) in [5.74, 6) is -0.902. The van der Waals surface area contributed by atoms with Crippen molar-refractivity contribution in [2.45, 2.75) is 58.0 Å². The predicted molar refractivity (Wildman–Crippen MR) is 117 cm³/mol. The molecule has 1 aromatic carbocycles. The zero-order valence-electron chi connectivity index (χ0n) is 18.4. The minimum absolute atomic E-state index is 0.0559. The number of hydrogen-bond acceptors (Lipinski definition) is 5. The van der Waals surface area contributed by atoms with Gasteiger partial charge in [-0.2, -0.15) is 0 Å². The molecule has 9 heteroatoms. The van der Waals surface area contributed by atoms with Gasteiger partial charge >= 0.3 is 6.03 Å². The Morgan fingerprint density at radius 1 is 1.19 bits per heavy atom. The van der Waals surface area contributed by atoms with E-state index in [0.29, 0.717) is 24.9 Å². The maximum atomic E-state index is 13.2. The van der Waals surface area contributed by atoms with E-state index in [4.69, 9.17) is 0 Å². The maximum absolute atomic E-state index is 13.2. The summed E-state index contributed by atoms with van der Waals surface area (Å²) in [5, 5.41) is 2.73. The summed E-state index contributed by atoms with van der Waals surface area (Å²) in [7, 11) is -3.16. The van der Waals surface area contributed by atoms with Crippen LogP contribution >= 0.6 is 0 Å². The standard InChI is InChI=1S/C22H31N3O5S/c1-4-6-16-7-9-17(10-8-16)22(3)20(27)25(21(28)23-22)14-19(26)24(12-5-2)18-11-13-31(29,30)15-18/h7-10,18H,4-6,11-15H2,1-3H3,(H,23,28). The molecule has 0 aromatic heterocycles. The van der Waals surface area contributed by atoms with Gasteiger partial charge in [-0.1, -0.05) is 44.5 Å². The van der Waals surface area contributed by atoms with E-state index in [9.17, 15) is 22.8 Å². The number of amides is 4. The third-order valence-corrected chi connectivity index (χ3v) is 7.82. The van der Waals surface area contributed by atoms with Crippen LogP contribution in [0.5, 0.6) is 0 Å². The highest BCUT2D eigenvalue weighted by molar-refractivity contribution is 7.91. The van der Waals surface area contributed by atoms with Gasteiger partial charge in [0.1, 0.15) is 12.1 Å². The Bertz CT molecular complexity index is 960. The quantitative estimate of drug-likeness (QED) is 0.610. The smallest absolute Gasteiger partial charge is 0.325 e. The summed E-state index contributed by atoms with van der Waals surface area (Å²) in [6, 6.07) is 6.54. The summed E-state index contributed by atoms with van der Waals surface area (Å²) in [6.07, 6.45) is 2.99. The number of hydrogen-bond donors (Lipinski definition) is 1. The summed E-state index contributed by atoms with van der Waals surface area (Å²) in [4.78, 5) is 41.2. The van der Waals surface area contributed by atoms with Gasteiger partial charge in [0.2, 0.25) is 5.91 Å². The number of carbonyl (C=O) groups excluding carboxylic acids is 3. The van der Waals surface area contributed by atoms with Crippen molar-refractivity contribution >= 4 is 27.7 Å². The number of imide groups is 1. The Morgan fingerprint density at radius 3 is 2.42 bits per heavy atom. The maximum Gasteiger partial charge on any atom is 0.325 e. The van der Waals surface area contributed by atoms with Crippen molar-refractivity contribution in [3.05, 3.63) is 35.4 Å². The number of nitrogens with one attached hydrogen (secondary N) is 1. The first-order valence-electron chi connectivity index (χ1n) is 10.8. The first kappa shape index (κ1) is 23.2. The molecule has 2 unspecified atom stereocenters. The number of nitrogens with zero attached hydrogens (tertiary/aromatic N) is 2. The van der Waals surface area contributed by atoms with Crippen molar-refractivity contribution in [3.8, 4) is 0 Å². The number of aryl methyl sites for hydroxylation is 1. The molecule has 0 aliphatic carbocycles. The minimum atomic E-state index is -3.16. The van der Waals surface area contributed by atoms with Gasteiger partial charge in [0.15, 0.2) is 9.84 Å². The van der Waals surface area contributed by atoms with E-state index >= 15 is 0 Å². The van der Waals surface area contributed by atoms with Crippen LogP contribution in [0.1, 0.15) is 51.2 Å². The molecule has 0 bridgehead atoms. The Labute approximate surface area is 183 Å². The highest BCUT2D eigenvalue weighted by atomic mass is 32.2. The second kappa shape index (κ2) is 8.98. The SMILES string of the molecule is CCCc1ccc(C2(C)NC(=O)N(CC(=O)N(CCC)C3CCS(=O)(=O)C3)C2=O)cc1. The van der Waals surface area contributed by atoms with Crippen LogP contribution in [0.4, 0.5) is 4.79 Å². The molecule has 2 atom stereocenters. The summed E-state index contributed by atoms with van der Waals surface area (Å²) >= 11 is 0. The number of urea groups is 1. The highest BCUT2D eigenvalue weighted by Gasteiger charge is 2.50. The van der Waals surface area contributed by atoms with Crippen LogP contribution in [0.3, 0.4) is 0 Å². The van der Waals surface area contributed by atoms with Crippen LogP contribution in [0, 0.1) is 0 Å². The van der Waals surface area contributed by atoms with Gasteiger partial charge < -0.3 is 10.2 Å². The molecule has 0 saturated carbocycles. The predicted octanol–water partition coefficient (Wildman–Crippen LogP) is 1.83. The van der Waals surface area contributed by atoms with Gasteiger partial charge in [0, 0.05) is 12.6 Å². The van der Waals surface area contributed by atoms with Crippen molar-refractivity contribution in [1.82, 2.24) is 15.1 Å². The van der Waals surface area contributed by atoms with Crippen molar-refractivity contribution in [3.63, 3.8) is 0 Å². The zero-order chi connectivity index (χ0) is 22.8. The van der Waals surface area contributed by atoms with E-state index in [0.717, 1.165) is 23.3 Å². The molecule has 2 aliphatic heterocycles. The van der Waals surface area contributed by atoms with E-state index in [1.165, 1.54) is 4.90 Å². The molecule has 1 N–H and O–H groups in total. The Morgan fingerprint density at radius 2 is 1.87 bits per heavy atom. The van der Waals surface area contributed by atoms with Crippen molar-refractivity contribution < 1.29 is 22.8 Å². The van der Waals surface area contributed by atoms with Crippen LogP contribution < -0.4 is 5.32 Å². The van der Waals surface area contributed by atoms with Gasteiger partial charge in [-0.05, 0) is 37.3 Å². The average molecular weight is 450 g/mol. The molecule has 31 heavy (non-hydrogen) atoms. The van der Waals surface area contributed by atoms with E-state index in [1.54, 1.807) is 6.92 Å². The fraction of sp³-hybridized carbons (Fsp3) is 0.591. The molecule has 170 valence electrons. The van der Waals surface area contributed by atoms with Crippen molar-refractivity contribution in [2.75, 3.05) is 24.6 Å². The van der Waals surface area contributed by atoms with Gasteiger partial charge in [-0.15, -0.1) is 0 Å². The molecule has 2 heterocycles. The second-order valence-corrected chi connectivity index (χ2v) is 10.8. The Kier molecular flexibility index (Phi) is 6.73. The van der Waals surface area contributed by atoms with Gasteiger partial charge in [0.05, 0.1) is 11.5 Å². The van der Waals surface area contributed by atoms with E-state index in [2.05, 4.69) is 12.2 Å². The third kappa shape index (κ3) is 4.76. The topological polar surface area (TPSA) is 104 Å². The van der Waals surface area contributed by atoms with E-state index in [-0.39, 0.29) is 11.5 Å². The number of sulfone groups is 1. The molecule has 4 amide bonds. The molecular weight excluding hydrogens is 418 g/mol. The van der Waals surface area contributed by atoms with Crippen LogP contribution in [-0.2, 0) is 31.4 Å². The first-order valence-corrected chi connectivity index (χ1v) is 12.7. The largest absolute Gasteiger partial charge is 0.337 e. The molecule has 1 aromatic rings. The number of rotatable bonds is 8. The average Bonchev–Trinajstić information content (AvgIpc) is 3.18. The van der Waals surface area contributed by atoms with E-state index in [1.807, 2.05) is 31.2 Å². The van der Waals surface area contributed by atoms with Crippen molar-refractivity contribution in [1.29, 1.82) is 0 Å². The lowest BCUT2D eigenvalue weighted by molar-refractivity contribution is -0.140. The second-order valence-electron chi connectivity index (χ2n) is 8.54. The zero-order valence-corrected chi connectivity index (χ0v) is 19.2. The fourth-order valence-corrected chi connectivity index (χ4v) is 6.06. The molecule has 2 fully saturated rings. The first-order chi connectivity index (χ1) is 14.6. The van der Waals surface area contributed by atoms with Crippen LogP contribution in [0.25, 0.3) is 0 Å². The van der Waals surface area contributed by atoms with Crippen LogP contribution in [-0.4, -0.2) is 66.7 Å². The minimum Gasteiger partial charge on any atom is -0.337 e. The van der Waals surface area contributed by atoms with Crippen LogP contribution in [0.15, 0.2) is 24.3 Å². The molecule has 8 nitrogen and oxygen atoms in total. The molecule has 0 spiro atoms. The molecule has 3 rings (SSSR count). The normalized spacial score (nSPS) is 25.0. The third-order valence-electron chi connectivity index (χ3n) is 6.07. The lowest BCUT2D eigenvalue weighted by Gasteiger charge is -2.29. The Hall–Kier alpha value is -2.42. The van der Waals surface area contributed by atoms with Gasteiger partial charge in [-0.25, -0.2) is 13.2 Å². The lowest BCUT2D eigenvalue weighted by Crippen LogP contribution is -2.48. The lowest BCUT2D eigenvalue weighted by atomic mass is 9.91. The summed E-state index contributed by atoms with van der Waals surface area (Å²) < 4.78 is 23.7. The summed E-state index contributed by atoms with van der Waals surface area (Å²) in [5.41, 5.74) is 0.572. The fourth-order valence-electron chi connectivity index (χ4n) is 4.33. The monoisotopic (exact) mass is 449 g/mol. The van der Waals surface area contributed by atoms with Gasteiger partial charge in [0.25, 0.3) is 5.91 Å². The molecule has 2 aliphatic rings. The van der Waals surface area contributed by atoms with E-state index < -0.39 is 45.8 Å². The highest BCUT2D eigenvalue weighted by Crippen LogP contribution is 2.29. The molecular formula is C22H31N3O5S. The molecule has 0 radical (unpaired) electrons. The van der Waals surface area contributed by atoms with Crippen molar-refractivity contribution in [2.24, 2.45) is 0 Å². The number of carbonyl (C=O) groups is 3. The summed E-state index contributed by atoms with van der Waals surface area (Å²) in [6.45, 7) is 5.62. The Balaban J connectivity index is 1.76. The van der Waals surface area contributed by atoms with Gasteiger partial charge in [-0.3, -0.25) is 14.5 Å². The number of benzene rings is 1. The van der Waals surface area contributed by atoms with Crippen LogP contribution in [0.2, 0.25) is 0 Å². The molecule has 2 saturated heterocycles.